The lowest BCUT2D eigenvalue weighted by Gasteiger charge is -2.33. The zero-order chi connectivity index (χ0) is 11.5. The minimum absolute atomic E-state index is 0.0697. The van der Waals surface area contributed by atoms with Gasteiger partial charge < -0.3 is 5.73 Å². The first-order valence-corrected chi connectivity index (χ1v) is 6.84. The van der Waals surface area contributed by atoms with Crippen molar-refractivity contribution in [3.63, 3.8) is 0 Å². The molecular formula is C9H20N2O3S. The summed E-state index contributed by atoms with van der Waals surface area (Å²) in [4.78, 5) is 0. The highest BCUT2D eigenvalue weighted by Crippen LogP contribution is 2.23. The van der Waals surface area contributed by atoms with Gasteiger partial charge in [-0.15, -0.1) is 0 Å². The van der Waals surface area contributed by atoms with Gasteiger partial charge in [-0.05, 0) is 32.1 Å². The molecule has 5 nitrogen and oxygen atoms in total. The number of rotatable bonds is 4. The molecule has 1 rings (SSSR count). The van der Waals surface area contributed by atoms with E-state index in [2.05, 4.69) is 0 Å². The molecule has 1 saturated carbocycles. The largest absolute Gasteiger partial charge is 0.336 e. The monoisotopic (exact) mass is 236 g/mol. The zero-order valence-corrected chi connectivity index (χ0v) is 9.91. The maximum atomic E-state index is 11.2. The topological polar surface area (TPSA) is 83.6 Å². The summed E-state index contributed by atoms with van der Waals surface area (Å²) in [5.74, 6) is 0. The summed E-state index contributed by atoms with van der Waals surface area (Å²) in [6, 6.07) is 0.117. The first kappa shape index (κ1) is 12.9. The van der Waals surface area contributed by atoms with Crippen LogP contribution in [0.2, 0.25) is 0 Å². The molecule has 1 fully saturated rings. The Labute approximate surface area is 91.5 Å². The number of hydrogen-bond acceptors (Lipinski definition) is 3. The Bertz CT molecular complexity index is 284. The minimum Gasteiger partial charge on any atom is -0.328 e. The van der Waals surface area contributed by atoms with E-state index in [1.165, 1.54) is 4.31 Å². The molecular weight excluding hydrogens is 216 g/mol. The van der Waals surface area contributed by atoms with Crippen molar-refractivity contribution in [2.45, 2.75) is 51.1 Å². The van der Waals surface area contributed by atoms with Crippen molar-refractivity contribution in [1.82, 2.24) is 4.31 Å². The molecule has 0 aromatic heterocycles. The number of nitrogens with zero attached hydrogens (tertiary/aromatic N) is 1. The summed E-state index contributed by atoms with van der Waals surface area (Å²) in [7, 11) is -4.05. The van der Waals surface area contributed by atoms with Gasteiger partial charge in [-0.25, -0.2) is 0 Å². The third-order valence-electron chi connectivity index (χ3n) is 2.89. The summed E-state index contributed by atoms with van der Waals surface area (Å²) in [5, 5.41) is 0. The normalized spacial score (nSPS) is 28.3. The van der Waals surface area contributed by atoms with Crippen LogP contribution in [0.25, 0.3) is 0 Å². The summed E-state index contributed by atoms with van der Waals surface area (Å²) < 4.78 is 32.6. The highest BCUT2D eigenvalue weighted by molar-refractivity contribution is 7.83. The van der Waals surface area contributed by atoms with Crippen LogP contribution in [0.5, 0.6) is 0 Å². The third kappa shape index (κ3) is 3.71. The molecule has 1 aliphatic carbocycles. The summed E-state index contributed by atoms with van der Waals surface area (Å²) in [6.45, 7) is 2.28. The third-order valence-corrected chi connectivity index (χ3v) is 3.96. The molecule has 0 atom stereocenters. The zero-order valence-electron chi connectivity index (χ0n) is 9.09. The fourth-order valence-corrected chi connectivity index (χ4v) is 3.10. The highest BCUT2D eigenvalue weighted by atomic mass is 32.2. The van der Waals surface area contributed by atoms with Crippen LogP contribution in [0.4, 0.5) is 0 Å². The molecule has 0 spiro atoms. The molecule has 15 heavy (non-hydrogen) atoms. The van der Waals surface area contributed by atoms with Gasteiger partial charge in [-0.1, -0.05) is 6.92 Å². The van der Waals surface area contributed by atoms with Gasteiger partial charge in [-0.2, -0.15) is 12.7 Å². The van der Waals surface area contributed by atoms with Crippen LogP contribution in [-0.4, -0.2) is 35.9 Å². The molecule has 0 radical (unpaired) electrons. The Kier molecular flexibility index (Phi) is 4.51. The van der Waals surface area contributed by atoms with E-state index in [-0.39, 0.29) is 12.1 Å². The Morgan fingerprint density at radius 1 is 1.33 bits per heavy atom. The van der Waals surface area contributed by atoms with Gasteiger partial charge in [0, 0.05) is 18.6 Å². The SMILES string of the molecule is CCCN(C1CCC(N)CC1)S(=O)(=O)O. The average Bonchev–Trinajstić information content (AvgIpc) is 2.14. The van der Waals surface area contributed by atoms with Crippen LogP contribution in [-0.2, 0) is 10.3 Å². The summed E-state index contributed by atoms with van der Waals surface area (Å²) in [6.07, 6.45) is 3.88. The van der Waals surface area contributed by atoms with Crippen LogP contribution >= 0.6 is 0 Å². The smallest absolute Gasteiger partial charge is 0.328 e. The Morgan fingerprint density at radius 2 is 1.87 bits per heavy atom. The lowest BCUT2D eigenvalue weighted by molar-refractivity contribution is 0.222. The lowest BCUT2D eigenvalue weighted by Crippen LogP contribution is -2.44. The van der Waals surface area contributed by atoms with E-state index in [0.717, 1.165) is 25.7 Å². The Balaban J connectivity index is 2.65. The standard InChI is InChI=1S/C9H20N2O3S/c1-2-7-11(15(12,13)14)9-5-3-8(10)4-6-9/h8-9H,2-7,10H2,1H3,(H,12,13,14). The van der Waals surface area contributed by atoms with Gasteiger partial charge >= 0.3 is 10.3 Å². The van der Waals surface area contributed by atoms with E-state index in [4.69, 9.17) is 10.3 Å². The van der Waals surface area contributed by atoms with E-state index in [0.29, 0.717) is 13.0 Å². The average molecular weight is 236 g/mol. The van der Waals surface area contributed by atoms with Crippen LogP contribution < -0.4 is 5.73 Å². The van der Waals surface area contributed by atoms with Crippen molar-refractivity contribution in [3.8, 4) is 0 Å². The van der Waals surface area contributed by atoms with Gasteiger partial charge in [-0.3, -0.25) is 4.55 Å². The first-order valence-electron chi connectivity index (χ1n) is 5.45. The van der Waals surface area contributed by atoms with E-state index >= 15 is 0 Å². The van der Waals surface area contributed by atoms with Crippen LogP contribution in [0.1, 0.15) is 39.0 Å². The molecule has 0 aromatic carbocycles. The van der Waals surface area contributed by atoms with E-state index < -0.39 is 10.3 Å². The molecule has 90 valence electrons. The first-order chi connectivity index (χ1) is 6.95. The highest BCUT2D eigenvalue weighted by Gasteiger charge is 2.30. The molecule has 6 heteroatoms. The van der Waals surface area contributed by atoms with Crippen molar-refractivity contribution < 1.29 is 13.0 Å². The summed E-state index contributed by atoms with van der Waals surface area (Å²) in [5.41, 5.74) is 5.75. The number of nitrogens with two attached hydrogens (primary N) is 1. The van der Waals surface area contributed by atoms with Crippen molar-refractivity contribution in [2.24, 2.45) is 5.73 Å². The van der Waals surface area contributed by atoms with Gasteiger partial charge in [0.15, 0.2) is 0 Å². The Morgan fingerprint density at radius 3 is 2.27 bits per heavy atom. The van der Waals surface area contributed by atoms with Crippen molar-refractivity contribution in [3.05, 3.63) is 0 Å². The number of hydrogen-bond donors (Lipinski definition) is 2. The second-order valence-corrected chi connectivity index (χ2v) is 5.52. The van der Waals surface area contributed by atoms with Crippen LogP contribution in [0, 0.1) is 0 Å². The molecule has 0 amide bonds. The van der Waals surface area contributed by atoms with E-state index in [1.807, 2.05) is 6.92 Å². The quantitative estimate of drug-likeness (QED) is 0.706. The molecule has 0 heterocycles. The predicted molar refractivity (Wildman–Crippen MR) is 58.8 cm³/mol. The van der Waals surface area contributed by atoms with Gasteiger partial charge in [0.1, 0.15) is 0 Å². The van der Waals surface area contributed by atoms with Crippen molar-refractivity contribution >= 4 is 10.3 Å². The van der Waals surface area contributed by atoms with Gasteiger partial charge in [0.25, 0.3) is 0 Å². The molecule has 0 aromatic rings. The molecule has 0 bridgehead atoms. The molecule has 3 N–H and O–H groups in total. The minimum atomic E-state index is -4.05. The molecule has 1 aliphatic rings. The van der Waals surface area contributed by atoms with Gasteiger partial charge in [0.05, 0.1) is 0 Å². The molecule has 0 unspecified atom stereocenters. The van der Waals surface area contributed by atoms with E-state index in [9.17, 15) is 8.42 Å². The van der Waals surface area contributed by atoms with Crippen molar-refractivity contribution in [1.29, 1.82) is 0 Å². The van der Waals surface area contributed by atoms with Crippen LogP contribution in [0.3, 0.4) is 0 Å². The fraction of sp³-hybridized carbons (Fsp3) is 1.00. The molecule has 0 saturated heterocycles. The summed E-state index contributed by atoms with van der Waals surface area (Å²) >= 11 is 0. The Hall–Kier alpha value is -0.170. The lowest BCUT2D eigenvalue weighted by atomic mass is 9.92. The predicted octanol–water partition coefficient (Wildman–Crippen LogP) is 0.771. The molecule has 0 aliphatic heterocycles. The second kappa shape index (κ2) is 5.25. The second-order valence-electron chi connectivity index (χ2n) is 4.16. The van der Waals surface area contributed by atoms with Crippen LogP contribution in [0.15, 0.2) is 0 Å². The van der Waals surface area contributed by atoms with E-state index in [1.54, 1.807) is 0 Å². The maximum Gasteiger partial charge on any atom is 0.336 e. The maximum absolute atomic E-state index is 11.2. The van der Waals surface area contributed by atoms with Crippen molar-refractivity contribution in [2.75, 3.05) is 6.54 Å². The van der Waals surface area contributed by atoms with Gasteiger partial charge in [0.2, 0.25) is 0 Å². The fourth-order valence-electron chi connectivity index (χ4n) is 2.10.